The molecule has 13 heteroatoms. The van der Waals surface area contributed by atoms with Gasteiger partial charge in [0.05, 0.1) is 12.4 Å². The highest BCUT2D eigenvalue weighted by atomic mass is 16.4. The van der Waals surface area contributed by atoms with Crippen LogP contribution in [-0.2, 0) is 36.8 Å². The second-order valence-electron chi connectivity index (χ2n) is 9.73. The fourth-order valence-electron chi connectivity index (χ4n) is 3.86. The third-order valence-corrected chi connectivity index (χ3v) is 5.88. The third-order valence-electron chi connectivity index (χ3n) is 5.88. The first-order chi connectivity index (χ1) is 18.5. The van der Waals surface area contributed by atoms with Crippen LogP contribution in [0.4, 0.5) is 0 Å². The standard InChI is InChI=1S/C26H37N7O6/c1-15(2)10-21(26(38)39)33-24(36)19(8-9-22(28)34)31-25(37)20(11-16-6-4-3-5-7-16)32-23(35)18(27)12-17-13-29-14-30-17/h3-7,13-15,18-21H,8-12,27H2,1-2H3,(H2,28,34)(H,29,30)(H,31,37)(H,32,35)(H,33,36)(H,38,39). The van der Waals surface area contributed by atoms with E-state index in [1.54, 1.807) is 30.3 Å². The second kappa shape index (κ2) is 15.2. The van der Waals surface area contributed by atoms with E-state index in [1.165, 1.54) is 12.5 Å². The van der Waals surface area contributed by atoms with E-state index in [9.17, 15) is 29.1 Å². The number of carbonyl (C=O) groups is 5. The summed E-state index contributed by atoms with van der Waals surface area (Å²) in [4.78, 5) is 69.1. The summed E-state index contributed by atoms with van der Waals surface area (Å²) >= 11 is 0. The molecule has 1 heterocycles. The van der Waals surface area contributed by atoms with Crippen molar-refractivity contribution in [1.29, 1.82) is 0 Å². The van der Waals surface area contributed by atoms with Crippen LogP contribution in [0.15, 0.2) is 42.9 Å². The van der Waals surface area contributed by atoms with Crippen molar-refractivity contribution in [2.24, 2.45) is 17.4 Å². The Morgan fingerprint density at radius 3 is 2.10 bits per heavy atom. The molecule has 212 valence electrons. The molecule has 1 aromatic carbocycles. The highest BCUT2D eigenvalue weighted by Crippen LogP contribution is 2.09. The van der Waals surface area contributed by atoms with Crippen LogP contribution >= 0.6 is 0 Å². The molecular weight excluding hydrogens is 506 g/mol. The zero-order chi connectivity index (χ0) is 28.9. The summed E-state index contributed by atoms with van der Waals surface area (Å²) in [5.41, 5.74) is 12.7. The number of imidazole rings is 1. The van der Waals surface area contributed by atoms with Crippen molar-refractivity contribution in [2.75, 3.05) is 0 Å². The van der Waals surface area contributed by atoms with E-state index in [0.29, 0.717) is 5.69 Å². The highest BCUT2D eigenvalue weighted by Gasteiger charge is 2.31. The van der Waals surface area contributed by atoms with Crippen molar-refractivity contribution >= 4 is 29.6 Å². The molecule has 2 aromatic rings. The number of carboxylic acids is 1. The van der Waals surface area contributed by atoms with Crippen LogP contribution in [0, 0.1) is 5.92 Å². The molecule has 0 radical (unpaired) electrons. The summed E-state index contributed by atoms with van der Waals surface area (Å²) in [6, 6.07) is 4.34. The van der Waals surface area contributed by atoms with Crippen LogP contribution in [0.2, 0.25) is 0 Å². The van der Waals surface area contributed by atoms with Gasteiger partial charge in [-0.3, -0.25) is 19.2 Å². The Morgan fingerprint density at radius 2 is 1.54 bits per heavy atom. The maximum absolute atomic E-state index is 13.4. The number of nitrogens with two attached hydrogens (primary N) is 2. The van der Waals surface area contributed by atoms with E-state index >= 15 is 0 Å². The number of aromatic nitrogens is 2. The SMILES string of the molecule is CC(C)CC(NC(=O)C(CCC(N)=O)NC(=O)C(Cc1ccccc1)NC(=O)C(N)Cc1cnc[nH]1)C(=O)O. The van der Waals surface area contributed by atoms with Crippen LogP contribution in [0.1, 0.15) is 44.4 Å². The minimum absolute atomic E-state index is 0.0264. The van der Waals surface area contributed by atoms with Gasteiger partial charge in [0.1, 0.15) is 18.1 Å². The Labute approximate surface area is 226 Å². The number of aliphatic carboxylic acids is 1. The molecule has 4 atom stereocenters. The normalized spacial score (nSPS) is 14.1. The molecule has 9 N–H and O–H groups in total. The number of benzene rings is 1. The van der Waals surface area contributed by atoms with Crippen LogP contribution in [0.5, 0.6) is 0 Å². The quantitative estimate of drug-likeness (QED) is 0.144. The lowest BCUT2D eigenvalue weighted by Crippen LogP contribution is -2.58. The number of aromatic amines is 1. The summed E-state index contributed by atoms with van der Waals surface area (Å²) < 4.78 is 0. The number of carbonyl (C=O) groups excluding carboxylic acids is 4. The number of hydrogen-bond acceptors (Lipinski definition) is 7. The van der Waals surface area contributed by atoms with Gasteiger partial charge in [-0.1, -0.05) is 44.2 Å². The Bertz CT molecular complexity index is 1110. The van der Waals surface area contributed by atoms with Crippen molar-refractivity contribution in [3.63, 3.8) is 0 Å². The number of rotatable bonds is 16. The number of nitrogens with zero attached hydrogens (tertiary/aromatic N) is 1. The fraction of sp³-hybridized carbons (Fsp3) is 0.462. The second-order valence-corrected chi connectivity index (χ2v) is 9.73. The lowest BCUT2D eigenvalue weighted by molar-refractivity contribution is -0.143. The summed E-state index contributed by atoms with van der Waals surface area (Å²) in [5.74, 6) is -4.03. The van der Waals surface area contributed by atoms with Gasteiger partial charge in [0.15, 0.2) is 0 Å². The Morgan fingerprint density at radius 1 is 0.923 bits per heavy atom. The largest absolute Gasteiger partial charge is 0.480 e. The van der Waals surface area contributed by atoms with Crippen LogP contribution in [-0.4, -0.2) is 68.8 Å². The lowest BCUT2D eigenvalue weighted by Gasteiger charge is -2.25. The van der Waals surface area contributed by atoms with Gasteiger partial charge in [0, 0.05) is 31.2 Å². The lowest BCUT2D eigenvalue weighted by atomic mass is 10.0. The Hall–Kier alpha value is -4.26. The molecule has 1 aromatic heterocycles. The summed E-state index contributed by atoms with van der Waals surface area (Å²) in [6.45, 7) is 3.62. The summed E-state index contributed by atoms with van der Waals surface area (Å²) in [7, 11) is 0. The Kier molecular flexibility index (Phi) is 12.1. The van der Waals surface area contributed by atoms with Gasteiger partial charge in [-0.25, -0.2) is 9.78 Å². The van der Waals surface area contributed by atoms with Crippen molar-refractivity contribution in [2.45, 2.75) is 70.1 Å². The first-order valence-electron chi connectivity index (χ1n) is 12.6. The summed E-state index contributed by atoms with van der Waals surface area (Å²) in [5, 5.41) is 17.1. The predicted octanol–water partition coefficient (Wildman–Crippen LogP) is -0.627. The minimum Gasteiger partial charge on any atom is -0.480 e. The third kappa shape index (κ3) is 10.9. The zero-order valence-electron chi connectivity index (χ0n) is 22.1. The van der Waals surface area contributed by atoms with E-state index in [2.05, 4.69) is 25.9 Å². The van der Waals surface area contributed by atoms with Gasteiger partial charge in [0.2, 0.25) is 23.6 Å². The molecule has 4 amide bonds. The maximum Gasteiger partial charge on any atom is 0.326 e. The average molecular weight is 544 g/mol. The van der Waals surface area contributed by atoms with E-state index < -0.39 is 53.8 Å². The molecule has 0 aliphatic rings. The highest BCUT2D eigenvalue weighted by molar-refractivity contribution is 5.94. The van der Waals surface area contributed by atoms with Crippen LogP contribution in [0.25, 0.3) is 0 Å². The minimum atomic E-state index is -1.27. The molecular formula is C26H37N7O6. The molecule has 0 aliphatic carbocycles. The van der Waals surface area contributed by atoms with Gasteiger partial charge in [-0.15, -0.1) is 0 Å². The van der Waals surface area contributed by atoms with Gasteiger partial charge < -0.3 is 37.5 Å². The molecule has 39 heavy (non-hydrogen) atoms. The zero-order valence-corrected chi connectivity index (χ0v) is 22.1. The van der Waals surface area contributed by atoms with Crippen molar-refractivity contribution in [3.05, 3.63) is 54.1 Å². The van der Waals surface area contributed by atoms with Crippen LogP contribution < -0.4 is 27.4 Å². The van der Waals surface area contributed by atoms with Crippen molar-refractivity contribution in [3.8, 4) is 0 Å². The smallest absolute Gasteiger partial charge is 0.326 e. The molecule has 13 nitrogen and oxygen atoms in total. The first kappa shape index (κ1) is 31.0. The van der Waals surface area contributed by atoms with E-state index in [-0.39, 0.29) is 38.0 Å². The van der Waals surface area contributed by atoms with Gasteiger partial charge in [0.25, 0.3) is 0 Å². The molecule has 2 rings (SSSR count). The molecule has 0 spiro atoms. The average Bonchev–Trinajstić information content (AvgIpc) is 3.38. The number of hydrogen-bond donors (Lipinski definition) is 7. The molecule has 0 aliphatic heterocycles. The predicted molar refractivity (Wildman–Crippen MR) is 142 cm³/mol. The number of amides is 4. The summed E-state index contributed by atoms with van der Waals surface area (Å²) in [6.07, 6.45) is 3.01. The molecule has 0 bridgehead atoms. The molecule has 0 fully saturated rings. The number of primary amides is 1. The monoisotopic (exact) mass is 543 g/mol. The van der Waals surface area contributed by atoms with Crippen molar-refractivity contribution in [1.82, 2.24) is 25.9 Å². The van der Waals surface area contributed by atoms with E-state index in [1.807, 2.05) is 13.8 Å². The first-order valence-corrected chi connectivity index (χ1v) is 12.6. The maximum atomic E-state index is 13.4. The Balaban J connectivity index is 2.21. The molecule has 4 unspecified atom stereocenters. The fourth-order valence-corrected chi connectivity index (χ4v) is 3.86. The topological polar surface area (TPSA) is 222 Å². The number of H-pyrrole nitrogens is 1. The molecule has 0 saturated carbocycles. The number of carboxylic acid groups (broad SMARTS) is 1. The van der Waals surface area contributed by atoms with Crippen LogP contribution in [0.3, 0.4) is 0 Å². The van der Waals surface area contributed by atoms with Gasteiger partial charge >= 0.3 is 5.97 Å². The number of nitrogens with one attached hydrogen (secondary N) is 4. The van der Waals surface area contributed by atoms with Crippen molar-refractivity contribution < 1.29 is 29.1 Å². The van der Waals surface area contributed by atoms with E-state index in [4.69, 9.17) is 11.5 Å². The van der Waals surface area contributed by atoms with Gasteiger partial charge in [-0.05, 0) is 24.3 Å². The van der Waals surface area contributed by atoms with Gasteiger partial charge in [-0.2, -0.15) is 0 Å². The van der Waals surface area contributed by atoms with E-state index in [0.717, 1.165) is 5.56 Å². The molecule has 0 saturated heterocycles.